The van der Waals surface area contributed by atoms with Crippen LogP contribution in [0.25, 0.3) is 11.1 Å². The molecular weight excluding hydrogens is 255 g/mol. The second-order valence-electron chi connectivity index (χ2n) is 3.64. The Morgan fingerprint density at radius 3 is 2.89 bits per heavy atom. The van der Waals surface area contributed by atoms with Crippen molar-refractivity contribution < 1.29 is 9.13 Å². The molecule has 0 unspecified atom stereocenters. The number of anilines is 1. The van der Waals surface area contributed by atoms with Gasteiger partial charge in [0.1, 0.15) is 5.82 Å². The second-order valence-corrected chi connectivity index (χ2v) is 4.05. The van der Waals surface area contributed by atoms with Crippen molar-refractivity contribution in [1.82, 2.24) is 4.98 Å². The Hall–Kier alpha value is -1.81. The molecule has 1 heterocycles. The highest BCUT2D eigenvalue weighted by atomic mass is 35.5. The number of ether oxygens (including phenoxy) is 1. The van der Waals surface area contributed by atoms with E-state index in [1.807, 2.05) is 0 Å². The van der Waals surface area contributed by atoms with Crippen LogP contribution in [0.2, 0.25) is 5.02 Å². The van der Waals surface area contributed by atoms with Crippen molar-refractivity contribution >= 4 is 17.4 Å². The van der Waals surface area contributed by atoms with E-state index in [4.69, 9.17) is 22.1 Å². The standard InChI is InChI=1S/C13H12ClFN2O/c1-2-18-11-5-3-4-9(12(11)15)8-6-10(14)13(16)17-7-8/h3-7H,2H2,1H3,(H2,16,17). The summed E-state index contributed by atoms with van der Waals surface area (Å²) in [5.74, 6) is 0.00623. The maximum Gasteiger partial charge on any atom is 0.172 e. The zero-order valence-electron chi connectivity index (χ0n) is 9.78. The molecule has 0 radical (unpaired) electrons. The maximum absolute atomic E-state index is 14.2. The number of pyridine rings is 1. The zero-order valence-corrected chi connectivity index (χ0v) is 10.5. The number of halogens is 2. The Kier molecular flexibility index (Phi) is 3.67. The number of nitrogen functional groups attached to an aromatic ring is 1. The molecule has 0 saturated carbocycles. The smallest absolute Gasteiger partial charge is 0.172 e. The number of aromatic nitrogens is 1. The van der Waals surface area contributed by atoms with Crippen LogP contribution in [0.5, 0.6) is 5.75 Å². The highest BCUT2D eigenvalue weighted by Gasteiger charge is 2.12. The van der Waals surface area contributed by atoms with Crippen LogP contribution >= 0.6 is 11.6 Å². The molecule has 0 aliphatic heterocycles. The largest absolute Gasteiger partial charge is 0.491 e. The summed E-state index contributed by atoms with van der Waals surface area (Å²) in [4.78, 5) is 3.91. The van der Waals surface area contributed by atoms with Crippen LogP contribution in [0, 0.1) is 5.82 Å². The number of benzene rings is 1. The van der Waals surface area contributed by atoms with Gasteiger partial charge in [0, 0.05) is 17.3 Å². The van der Waals surface area contributed by atoms with Crippen LogP contribution < -0.4 is 10.5 Å². The predicted octanol–water partition coefficient (Wildman–Crippen LogP) is 3.52. The van der Waals surface area contributed by atoms with Crippen molar-refractivity contribution in [1.29, 1.82) is 0 Å². The minimum Gasteiger partial charge on any atom is -0.491 e. The number of nitrogens with two attached hydrogens (primary N) is 1. The minimum absolute atomic E-state index is 0.211. The first-order valence-corrected chi connectivity index (χ1v) is 5.84. The van der Waals surface area contributed by atoms with E-state index >= 15 is 0 Å². The first-order chi connectivity index (χ1) is 8.63. The highest BCUT2D eigenvalue weighted by Crippen LogP contribution is 2.31. The lowest BCUT2D eigenvalue weighted by Crippen LogP contribution is -1.97. The molecule has 0 aliphatic carbocycles. The predicted molar refractivity (Wildman–Crippen MR) is 70.2 cm³/mol. The van der Waals surface area contributed by atoms with Crippen molar-refractivity contribution in [2.75, 3.05) is 12.3 Å². The van der Waals surface area contributed by atoms with Crippen LogP contribution in [-0.2, 0) is 0 Å². The van der Waals surface area contributed by atoms with Crippen molar-refractivity contribution in [2.24, 2.45) is 0 Å². The summed E-state index contributed by atoms with van der Waals surface area (Å²) in [5, 5.41) is 0.300. The van der Waals surface area contributed by atoms with Crippen LogP contribution in [0.1, 0.15) is 6.92 Å². The van der Waals surface area contributed by atoms with Gasteiger partial charge in [-0.05, 0) is 19.1 Å². The fourth-order valence-electron chi connectivity index (χ4n) is 1.60. The van der Waals surface area contributed by atoms with Crippen molar-refractivity contribution in [3.63, 3.8) is 0 Å². The van der Waals surface area contributed by atoms with Gasteiger partial charge in [-0.25, -0.2) is 9.37 Å². The molecule has 94 valence electrons. The molecule has 0 saturated heterocycles. The van der Waals surface area contributed by atoms with Gasteiger partial charge in [0.05, 0.1) is 11.6 Å². The van der Waals surface area contributed by atoms with E-state index in [-0.39, 0.29) is 11.6 Å². The molecule has 0 amide bonds. The van der Waals surface area contributed by atoms with E-state index in [1.54, 1.807) is 31.2 Å². The molecule has 1 aromatic carbocycles. The van der Waals surface area contributed by atoms with E-state index in [0.717, 1.165) is 0 Å². The lowest BCUT2D eigenvalue weighted by atomic mass is 10.1. The van der Waals surface area contributed by atoms with Crippen molar-refractivity contribution in [3.05, 3.63) is 41.3 Å². The SMILES string of the molecule is CCOc1cccc(-c2cnc(N)c(Cl)c2)c1F. The summed E-state index contributed by atoms with van der Waals surface area (Å²) >= 11 is 5.88. The Bertz CT molecular complexity index is 575. The fourth-order valence-corrected chi connectivity index (χ4v) is 1.76. The molecule has 2 aromatic rings. The number of hydrogen-bond acceptors (Lipinski definition) is 3. The Labute approximate surface area is 109 Å². The first-order valence-electron chi connectivity index (χ1n) is 5.46. The van der Waals surface area contributed by atoms with Crippen molar-refractivity contribution in [2.45, 2.75) is 6.92 Å². The number of nitrogens with zero attached hydrogens (tertiary/aromatic N) is 1. The third kappa shape index (κ3) is 2.38. The third-order valence-corrected chi connectivity index (χ3v) is 2.75. The van der Waals surface area contributed by atoms with Crippen LogP contribution in [-0.4, -0.2) is 11.6 Å². The van der Waals surface area contributed by atoms with E-state index < -0.39 is 5.82 Å². The number of hydrogen-bond donors (Lipinski definition) is 1. The summed E-state index contributed by atoms with van der Waals surface area (Å²) in [7, 11) is 0. The molecular formula is C13H12ClFN2O. The molecule has 2 rings (SSSR count). The van der Waals surface area contributed by atoms with Gasteiger partial charge in [-0.1, -0.05) is 23.7 Å². The quantitative estimate of drug-likeness (QED) is 0.925. The van der Waals surface area contributed by atoms with E-state index in [9.17, 15) is 4.39 Å². The van der Waals surface area contributed by atoms with Gasteiger partial charge < -0.3 is 10.5 Å². The molecule has 0 fully saturated rings. The molecule has 18 heavy (non-hydrogen) atoms. The summed E-state index contributed by atoms with van der Waals surface area (Å²) in [6.07, 6.45) is 1.48. The molecule has 0 atom stereocenters. The Morgan fingerprint density at radius 2 is 2.22 bits per heavy atom. The van der Waals surface area contributed by atoms with Crippen molar-refractivity contribution in [3.8, 4) is 16.9 Å². The van der Waals surface area contributed by atoms with Gasteiger partial charge in [-0.3, -0.25) is 0 Å². The molecule has 3 nitrogen and oxygen atoms in total. The lowest BCUT2D eigenvalue weighted by molar-refractivity contribution is 0.322. The molecule has 0 aliphatic rings. The van der Waals surface area contributed by atoms with Gasteiger partial charge in [0.25, 0.3) is 0 Å². The Balaban J connectivity index is 2.50. The lowest BCUT2D eigenvalue weighted by Gasteiger charge is -2.09. The van der Waals surface area contributed by atoms with Gasteiger partial charge in [0.2, 0.25) is 0 Å². The summed E-state index contributed by atoms with van der Waals surface area (Å²) in [6.45, 7) is 2.20. The van der Waals surface area contributed by atoms with Gasteiger partial charge in [-0.2, -0.15) is 0 Å². The molecule has 0 spiro atoms. The third-order valence-electron chi connectivity index (χ3n) is 2.44. The first kappa shape index (κ1) is 12.6. The van der Waals surface area contributed by atoms with Crippen LogP contribution in [0.4, 0.5) is 10.2 Å². The molecule has 1 aromatic heterocycles. The van der Waals surface area contributed by atoms with Gasteiger partial charge in [0.15, 0.2) is 11.6 Å². The molecule has 5 heteroatoms. The minimum atomic E-state index is -0.429. The monoisotopic (exact) mass is 266 g/mol. The van der Waals surface area contributed by atoms with Crippen LogP contribution in [0.3, 0.4) is 0 Å². The van der Waals surface area contributed by atoms with Gasteiger partial charge >= 0.3 is 0 Å². The fraction of sp³-hybridized carbons (Fsp3) is 0.154. The van der Waals surface area contributed by atoms with E-state index in [1.165, 1.54) is 6.20 Å². The topological polar surface area (TPSA) is 48.1 Å². The average Bonchev–Trinajstić information content (AvgIpc) is 2.36. The van der Waals surface area contributed by atoms with Gasteiger partial charge in [-0.15, -0.1) is 0 Å². The maximum atomic E-state index is 14.2. The average molecular weight is 267 g/mol. The summed E-state index contributed by atoms with van der Waals surface area (Å²) < 4.78 is 19.4. The summed E-state index contributed by atoms with van der Waals surface area (Å²) in [6, 6.07) is 6.52. The van der Waals surface area contributed by atoms with E-state index in [2.05, 4.69) is 4.98 Å². The molecule has 2 N–H and O–H groups in total. The van der Waals surface area contributed by atoms with Crippen LogP contribution in [0.15, 0.2) is 30.5 Å². The normalized spacial score (nSPS) is 10.4. The number of rotatable bonds is 3. The highest BCUT2D eigenvalue weighted by molar-refractivity contribution is 6.33. The molecule has 0 bridgehead atoms. The zero-order chi connectivity index (χ0) is 13.1. The Morgan fingerprint density at radius 1 is 1.44 bits per heavy atom. The summed E-state index contributed by atoms with van der Waals surface area (Å²) in [5.41, 5.74) is 6.47. The van der Waals surface area contributed by atoms with E-state index in [0.29, 0.717) is 22.8 Å². The second kappa shape index (κ2) is 5.23.